The van der Waals surface area contributed by atoms with Gasteiger partial charge < -0.3 is 18.8 Å². The fourth-order valence-corrected chi connectivity index (χ4v) is 7.12. The summed E-state index contributed by atoms with van der Waals surface area (Å²) in [5.74, 6) is 2.04. The molecular weight excluding hydrogens is 399 g/mol. The van der Waals surface area contributed by atoms with Crippen LogP contribution in [0.25, 0.3) is 0 Å². The van der Waals surface area contributed by atoms with Gasteiger partial charge in [0, 0.05) is 5.30 Å². The standard InChI is InChI=1S/C24H29O5P/c1-16(2)19-13-12-17(3)14-22(19)29-24(25)28-21-11-7-10-20-23(21)30(26,15-27-20)18-8-5-4-6-9-18/h4-11,16-17,19,22H,12-15H2,1-3H3/t17-,19+,22-,30-/m0/s1. The van der Waals surface area contributed by atoms with Crippen molar-refractivity contribution in [3.8, 4) is 11.5 Å². The fraction of sp³-hybridized carbons (Fsp3) is 0.458. The Morgan fingerprint density at radius 3 is 2.60 bits per heavy atom. The molecule has 0 unspecified atom stereocenters. The third kappa shape index (κ3) is 4.00. The molecule has 2 aromatic rings. The Hall–Kier alpha value is -2.26. The second-order valence-corrected chi connectivity index (χ2v) is 11.5. The Balaban J connectivity index is 1.57. The molecule has 4 rings (SSSR count). The zero-order valence-corrected chi connectivity index (χ0v) is 18.6. The summed E-state index contributed by atoms with van der Waals surface area (Å²) in [4.78, 5) is 12.7. The lowest BCUT2D eigenvalue weighted by molar-refractivity contribution is -0.0135. The average molecular weight is 428 g/mol. The van der Waals surface area contributed by atoms with Crippen LogP contribution >= 0.6 is 7.14 Å². The Kier molecular flexibility index (Phi) is 5.92. The lowest BCUT2D eigenvalue weighted by Crippen LogP contribution is -2.36. The molecule has 6 heteroatoms. The topological polar surface area (TPSA) is 61.8 Å². The highest BCUT2D eigenvalue weighted by atomic mass is 31.2. The summed E-state index contributed by atoms with van der Waals surface area (Å²) in [6.45, 7) is 6.52. The van der Waals surface area contributed by atoms with E-state index in [1.54, 1.807) is 18.2 Å². The van der Waals surface area contributed by atoms with Crippen molar-refractivity contribution in [1.82, 2.24) is 0 Å². The molecule has 1 heterocycles. The SMILES string of the molecule is CC(C)[C@H]1CC[C@H](C)C[C@@H]1OC(=O)Oc1cccc2c1[P@@](=O)(c1ccccc1)CO2. The predicted octanol–water partition coefficient (Wildman–Crippen LogP) is 5.33. The van der Waals surface area contributed by atoms with Gasteiger partial charge in [0.15, 0.2) is 7.14 Å². The Bertz CT molecular complexity index is 955. The zero-order chi connectivity index (χ0) is 21.3. The average Bonchev–Trinajstić information content (AvgIpc) is 3.07. The number of carbonyl (C=O) groups is 1. The summed E-state index contributed by atoms with van der Waals surface area (Å²) in [5, 5.41) is 1.15. The third-order valence-corrected chi connectivity index (χ3v) is 9.09. The molecular formula is C24H29O5P. The van der Waals surface area contributed by atoms with Crippen molar-refractivity contribution in [2.45, 2.75) is 46.1 Å². The van der Waals surface area contributed by atoms with Crippen LogP contribution in [-0.4, -0.2) is 18.6 Å². The third-order valence-electron chi connectivity index (χ3n) is 6.30. The van der Waals surface area contributed by atoms with Gasteiger partial charge >= 0.3 is 6.16 Å². The number of hydrogen-bond donors (Lipinski definition) is 0. The van der Waals surface area contributed by atoms with Crippen LogP contribution in [0.5, 0.6) is 11.5 Å². The summed E-state index contributed by atoms with van der Waals surface area (Å²) >= 11 is 0. The highest BCUT2D eigenvalue weighted by molar-refractivity contribution is 7.79. The molecule has 0 N–H and O–H groups in total. The minimum absolute atomic E-state index is 0.0668. The van der Waals surface area contributed by atoms with Crippen LogP contribution in [0.1, 0.15) is 40.0 Å². The summed E-state index contributed by atoms with van der Waals surface area (Å²) in [6, 6.07) is 14.4. The first-order chi connectivity index (χ1) is 14.4. The lowest BCUT2D eigenvalue weighted by Gasteiger charge is -2.36. The van der Waals surface area contributed by atoms with E-state index in [1.165, 1.54) is 0 Å². The molecule has 2 aliphatic rings. The minimum atomic E-state index is -3.04. The maximum atomic E-state index is 13.9. The van der Waals surface area contributed by atoms with Crippen molar-refractivity contribution in [1.29, 1.82) is 0 Å². The van der Waals surface area contributed by atoms with Crippen LogP contribution < -0.4 is 20.1 Å². The van der Waals surface area contributed by atoms with Gasteiger partial charge in [0.05, 0.1) is 0 Å². The first-order valence-corrected chi connectivity index (χ1v) is 12.6. The van der Waals surface area contributed by atoms with Crippen molar-refractivity contribution in [2.75, 3.05) is 6.35 Å². The number of hydrogen-bond acceptors (Lipinski definition) is 5. The van der Waals surface area contributed by atoms with E-state index in [0.29, 0.717) is 34.1 Å². The van der Waals surface area contributed by atoms with Gasteiger partial charge in [-0.1, -0.05) is 63.6 Å². The van der Waals surface area contributed by atoms with E-state index in [4.69, 9.17) is 14.2 Å². The van der Waals surface area contributed by atoms with Gasteiger partial charge in [0.2, 0.25) is 0 Å². The number of ether oxygens (including phenoxy) is 3. The van der Waals surface area contributed by atoms with Crippen molar-refractivity contribution < 1.29 is 23.6 Å². The zero-order valence-electron chi connectivity index (χ0n) is 17.7. The monoisotopic (exact) mass is 428 g/mol. The first-order valence-electron chi connectivity index (χ1n) is 10.7. The van der Waals surface area contributed by atoms with Gasteiger partial charge in [-0.05, 0) is 42.7 Å². The molecule has 1 saturated carbocycles. The maximum absolute atomic E-state index is 13.9. The molecule has 5 nitrogen and oxygen atoms in total. The lowest BCUT2D eigenvalue weighted by atomic mass is 9.75. The van der Waals surface area contributed by atoms with Gasteiger partial charge in [-0.2, -0.15) is 0 Å². The summed E-state index contributed by atoms with van der Waals surface area (Å²) < 4.78 is 31.0. The quantitative estimate of drug-likeness (QED) is 0.374. The van der Waals surface area contributed by atoms with Crippen molar-refractivity contribution >= 4 is 23.9 Å². The van der Waals surface area contributed by atoms with Gasteiger partial charge in [-0.25, -0.2) is 4.79 Å². The normalized spacial score (nSPS) is 27.9. The van der Waals surface area contributed by atoms with Gasteiger partial charge in [0.1, 0.15) is 29.3 Å². The Morgan fingerprint density at radius 1 is 1.10 bits per heavy atom. The first kappa shape index (κ1) is 21.0. The van der Waals surface area contributed by atoms with E-state index in [2.05, 4.69) is 20.8 Å². The van der Waals surface area contributed by atoms with Crippen LogP contribution in [0.3, 0.4) is 0 Å². The number of fused-ring (bicyclic) bond motifs is 1. The molecule has 0 spiro atoms. The van der Waals surface area contributed by atoms with E-state index >= 15 is 0 Å². The molecule has 1 aliphatic heterocycles. The van der Waals surface area contributed by atoms with E-state index in [-0.39, 0.29) is 18.2 Å². The van der Waals surface area contributed by atoms with E-state index in [9.17, 15) is 9.36 Å². The minimum Gasteiger partial charge on any atom is -0.484 e. The second-order valence-electron chi connectivity index (χ2n) is 8.79. The van der Waals surface area contributed by atoms with E-state index in [1.807, 2.05) is 30.3 Å². The molecule has 1 aliphatic carbocycles. The molecule has 0 amide bonds. The van der Waals surface area contributed by atoms with Crippen LogP contribution in [-0.2, 0) is 9.30 Å². The molecule has 30 heavy (non-hydrogen) atoms. The molecule has 0 aromatic heterocycles. The Labute approximate surface area is 178 Å². The van der Waals surface area contributed by atoms with Crippen molar-refractivity contribution in [3.05, 3.63) is 48.5 Å². The molecule has 2 aromatic carbocycles. The molecule has 160 valence electrons. The van der Waals surface area contributed by atoms with Crippen molar-refractivity contribution in [3.63, 3.8) is 0 Å². The van der Waals surface area contributed by atoms with Crippen LogP contribution in [0.4, 0.5) is 4.79 Å². The maximum Gasteiger partial charge on any atom is 0.514 e. The number of benzene rings is 2. The van der Waals surface area contributed by atoms with Gasteiger partial charge in [0.25, 0.3) is 0 Å². The molecule has 1 fully saturated rings. The highest BCUT2D eigenvalue weighted by Crippen LogP contribution is 2.53. The second kappa shape index (κ2) is 8.47. The molecule has 0 bridgehead atoms. The summed E-state index contributed by atoms with van der Waals surface area (Å²) in [7, 11) is -3.04. The summed E-state index contributed by atoms with van der Waals surface area (Å²) in [5.41, 5.74) is 0. The number of rotatable bonds is 4. The van der Waals surface area contributed by atoms with Gasteiger partial charge in [-0.15, -0.1) is 0 Å². The Morgan fingerprint density at radius 2 is 1.87 bits per heavy atom. The van der Waals surface area contributed by atoms with Crippen LogP contribution in [0, 0.1) is 17.8 Å². The fourth-order valence-electron chi connectivity index (χ4n) is 4.64. The molecule has 4 atom stereocenters. The number of carbonyl (C=O) groups excluding carboxylic acids is 1. The summed E-state index contributed by atoms with van der Waals surface area (Å²) in [6.07, 6.45) is 2.22. The molecule has 0 radical (unpaired) electrons. The van der Waals surface area contributed by atoms with Crippen molar-refractivity contribution in [2.24, 2.45) is 17.8 Å². The van der Waals surface area contributed by atoms with Gasteiger partial charge in [-0.3, -0.25) is 0 Å². The molecule has 0 saturated heterocycles. The van der Waals surface area contributed by atoms with E-state index < -0.39 is 13.3 Å². The smallest absolute Gasteiger partial charge is 0.484 e. The van der Waals surface area contributed by atoms with Crippen LogP contribution in [0.2, 0.25) is 0 Å². The van der Waals surface area contributed by atoms with Crippen LogP contribution in [0.15, 0.2) is 48.5 Å². The highest BCUT2D eigenvalue weighted by Gasteiger charge is 2.41. The largest absolute Gasteiger partial charge is 0.514 e. The predicted molar refractivity (Wildman–Crippen MR) is 117 cm³/mol. The van der Waals surface area contributed by atoms with E-state index in [0.717, 1.165) is 19.3 Å².